The molecule has 30 heavy (non-hydrogen) atoms. The van der Waals surface area contributed by atoms with Gasteiger partial charge in [-0.2, -0.15) is 0 Å². The van der Waals surface area contributed by atoms with Gasteiger partial charge in [-0.25, -0.2) is 0 Å². The van der Waals surface area contributed by atoms with Gasteiger partial charge in [0.1, 0.15) is 5.75 Å². The second-order valence-electron chi connectivity index (χ2n) is 7.69. The van der Waals surface area contributed by atoms with Gasteiger partial charge in [-0.05, 0) is 54.6 Å². The minimum Gasteiger partial charge on any atom is -0.494 e. The van der Waals surface area contributed by atoms with Crippen molar-refractivity contribution in [1.29, 1.82) is 0 Å². The number of benzene rings is 2. The highest BCUT2D eigenvalue weighted by atomic mass is 32.1. The highest BCUT2D eigenvalue weighted by molar-refractivity contribution is 7.10. The summed E-state index contributed by atoms with van der Waals surface area (Å²) < 4.78 is 5.72. The predicted octanol–water partition coefficient (Wildman–Crippen LogP) is 6.13. The minimum atomic E-state index is -0.214. The summed E-state index contributed by atoms with van der Waals surface area (Å²) in [5.41, 5.74) is 4.91. The summed E-state index contributed by atoms with van der Waals surface area (Å²) in [5, 5.41) is 9.31. The van der Waals surface area contributed by atoms with E-state index in [1.807, 2.05) is 37.3 Å². The van der Waals surface area contributed by atoms with Crippen LogP contribution in [0.15, 0.2) is 77.3 Å². The van der Waals surface area contributed by atoms with Gasteiger partial charge in [0.25, 0.3) is 0 Å². The summed E-state index contributed by atoms with van der Waals surface area (Å²) in [5.74, 6) is 1.25. The van der Waals surface area contributed by atoms with Crippen molar-refractivity contribution in [3.05, 3.63) is 87.8 Å². The van der Waals surface area contributed by atoms with Gasteiger partial charge in [-0.15, -0.1) is 11.3 Å². The van der Waals surface area contributed by atoms with Gasteiger partial charge in [0.15, 0.2) is 5.78 Å². The highest BCUT2D eigenvalue weighted by Crippen LogP contribution is 2.45. The molecule has 2 atom stereocenters. The van der Waals surface area contributed by atoms with Crippen molar-refractivity contribution >= 4 is 28.5 Å². The number of hydrogen-bond donors (Lipinski definition) is 2. The third-order valence-corrected chi connectivity index (χ3v) is 6.79. The Bertz CT molecular complexity index is 1100. The second-order valence-corrected chi connectivity index (χ2v) is 8.67. The molecule has 0 bridgehead atoms. The van der Waals surface area contributed by atoms with E-state index in [9.17, 15) is 4.79 Å². The van der Waals surface area contributed by atoms with E-state index in [1.165, 1.54) is 4.88 Å². The maximum absolute atomic E-state index is 13.5. The zero-order valence-corrected chi connectivity index (χ0v) is 17.7. The normalized spacial score (nSPS) is 20.5. The van der Waals surface area contributed by atoms with Crippen LogP contribution in [0.25, 0.3) is 0 Å². The lowest BCUT2D eigenvalue weighted by molar-refractivity contribution is -0.116. The summed E-state index contributed by atoms with van der Waals surface area (Å²) in [6.45, 7) is 2.59. The van der Waals surface area contributed by atoms with Crippen LogP contribution in [0.3, 0.4) is 0 Å². The average Bonchev–Trinajstić information content (AvgIpc) is 3.23. The van der Waals surface area contributed by atoms with Crippen LogP contribution < -0.4 is 15.4 Å². The summed E-state index contributed by atoms with van der Waals surface area (Å²) in [7, 11) is 0. The van der Waals surface area contributed by atoms with E-state index in [0.717, 1.165) is 40.4 Å². The Morgan fingerprint density at radius 1 is 1.03 bits per heavy atom. The maximum atomic E-state index is 13.5. The predicted molar refractivity (Wildman–Crippen MR) is 122 cm³/mol. The molecule has 1 aromatic heterocycles. The van der Waals surface area contributed by atoms with Crippen LogP contribution in [0.1, 0.15) is 42.2 Å². The highest BCUT2D eigenvalue weighted by Gasteiger charge is 2.36. The van der Waals surface area contributed by atoms with Gasteiger partial charge in [0.05, 0.1) is 24.0 Å². The van der Waals surface area contributed by atoms with Gasteiger partial charge in [0.2, 0.25) is 0 Å². The van der Waals surface area contributed by atoms with Crippen LogP contribution in [0, 0.1) is 0 Å². The largest absolute Gasteiger partial charge is 0.494 e. The molecule has 0 saturated heterocycles. The molecule has 2 N–H and O–H groups in total. The number of Topliss-reactive ketones (excluding diaryl/α,β-unsaturated/α-hetero) is 1. The fourth-order valence-electron chi connectivity index (χ4n) is 4.42. The molecule has 2 heterocycles. The number of thiophene rings is 1. The number of ether oxygens (including phenoxy) is 1. The van der Waals surface area contributed by atoms with Crippen LogP contribution >= 0.6 is 11.3 Å². The number of ketones is 1. The Kier molecular flexibility index (Phi) is 5.05. The third-order valence-electron chi connectivity index (χ3n) is 5.76. The van der Waals surface area contributed by atoms with Crippen LogP contribution in [0.5, 0.6) is 5.75 Å². The quantitative estimate of drug-likeness (QED) is 0.537. The number of nitrogens with one attached hydrogen (secondary N) is 2. The van der Waals surface area contributed by atoms with E-state index >= 15 is 0 Å². The number of rotatable bonds is 4. The molecule has 4 nitrogen and oxygen atoms in total. The molecular weight excluding hydrogens is 392 g/mol. The van der Waals surface area contributed by atoms with E-state index in [0.29, 0.717) is 13.0 Å². The topological polar surface area (TPSA) is 50.4 Å². The van der Waals surface area contributed by atoms with Gasteiger partial charge in [0, 0.05) is 28.5 Å². The Morgan fingerprint density at radius 3 is 2.70 bits per heavy atom. The van der Waals surface area contributed by atoms with Gasteiger partial charge < -0.3 is 15.4 Å². The van der Waals surface area contributed by atoms with E-state index in [2.05, 4.69) is 46.3 Å². The van der Waals surface area contributed by atoms with Crippen molar-refractivity contribution in [2.75, 3.05) is 17.2 Å². The van der Waals surface area contributed by atoms with Crippen molar-refractivity contribution in [3.63, 3.8) is 0 Å². The molecule has 2 aliphatic rings. The average molecular weight is 417 g/mol. The SMILES string of the molecule is CCOc1cccc(C2Nc3ccccc3NC3=C2C(=O)CC(c2cccs2)C3)c1. The molecule has 5 heteroatoms. The molecule has 0 amide bonds. The summed E-state index contributed by atoms with van der Waals surface area (Å²) in [4.78, 5) is 14.7. The standard InChI is InChI=1S/C25H24N2O2S/c1-2-29-18-8-5-7-16(13-18)25-24-21(26-19-9-3-4-10-20(19)27-25)14-17(15-22(24)28)23-11-6-12-30-23/h3-13,17,25-27H,2,14-15H2,1H3. The Balaban J connectivity index is 1.61. The molecule has 0 saturated carbocycles. The van der Waals surface area contributed by atoms with Gasteiger partial charge >= 0.3 is 0 Å². The zero-order chi connectivity index (χ0) is 20.5. The summed E-state index contributed by atoms with van der Waals surface area (Å²) in [6, 6.07) is 20.2. The Hall–Kier alpha value is -3.05. The van der Waals surface area contributed by atoms with E-state index in [-0.39, 0.29) is 17.7 Å². The molecule has 2 aromatic carbocycles. The van der Waals surface area contributed by atoms with Crippen molar-refractivity contribution in [2.24, 2.45) is 0 Å². The molecule has 0 radical (unpaired) electrons. The molecule has 5 rings (SSSR count). The number of fused-ring (bicyclic) bond motifs is 1. The second kappa shape index (κ2) is 8.00. The van der Waals surface area contributed by atoms with Crippen LogP contribution in [-0.2, 0) is 4.79 Å². The van der Waals surface area contributed by atoms with Crippen molar-refractivity contribution < 1.29 is 9.53 Å². The third kappa shape index (κ3) is 3.50. The molecule has 0 spiro atoms. The number of allylic oxidation sites excluding steroid dienone is 1. The molecule has 1 aliphatic heterocycles. The maximum Gasteiger partial charge on any atom is 0.163 e. The van der Waals surface area contributed by atoms with E-state index in [1.54, 1.807) is 11.3 Å². The molecular formula is C25H24N2O2S. The fourth-order valence-corrected chi connectivity index (χ4v) is 5.25. The van der Waals surface area contributed by atoms with Crippen LogP contribution in [-0.4, -0.2) is 12.4 Å². The van der Waals surface area contributed by atoms with E-state index in [4.69, 9.17) is 4.74 Å². The molecule has 0 fully saturated rings. The van der Waals surface area contributed by atoms with Gasteiger partial charge in [-0.3, -0.25) is 4.79 Å². The molecule has 3 aromatic rings. The Labute approximate surface area is 180 Å². The number of carbonyl (C=O) groups excluding carboxylic acids is 1. The smallest absolute Gasteiger partial charge is 0.163 e. The van der Waals surface area contributed by atoms with Crippen molar-refractivity contribution in [3.8, 4) is 5.75 Å². The number of hydrogen-bond acceptors (Lipinski definition) is 5. The zero-order valence-electron chi connectivity index (χ0n) is 16.9. The number of anilines is 2. The minimum absolute atomic E-state index is 0.203. The number of carbonyl (C=O) groups is 1. The van der Waals surface area contributed by atoms with Crippen LogP contribution in [0.4, 0.5) is 11.4 Å². The summed E-state index contributed by atoms with van der Waals surface area (Å²) in [6.07, 6.45) is 1.37. The van der Waals surface area contributed by atoms with E-state index < -0.39 is 0 Å². The van der Waals surface area contributed by atoms with Crippen molar-refractivity contribution in [2.45, 2.75) is 31.7 Å². The van der Waals surface area contributed by atoms with Crippen molar-refractivity contribution in [1.82, 2.24) is 0 Å². The monoisotopic (exact) mass is 416 g/mol. The first-order chi connectivity index (χ1) is 14.7. The molecule has 2 unspecified atom stereocenters. The summed E-state index contributed by atoms with van der Waals surface area (Å²) >= 11 is 1.73. The first-order valence-electron chi connectivity index (χ1n) is 10.4. The van der Waals surface area contributed by atoms with Gasteiger partial charge in [-0.1, -0.05) is 30.3 Å². The molecule has 152 valence electrons. The first kappa shape index (κ1) is 18.9. The lowest BCUT2D eigenvalue weighted by Gasteiger charge is -2.29. The lowest BCUT2D eigenvalue weighted by atomic mass is 9.81. The lowest BCUT2D eigenvalue weighted by Crippen LogP contribution is -2.26. The fraction of sp³-hybridized carbons (Fsp3) is 0.240. The first-order valence-corrected chi connectivity index (χ1v) is 11.3. The Morgan fingerprint density at radius 2 is 1.90 bits per heavy atom. The molecule has 1 aliphatic carbocycles. The van der Waals surface area contributed by atoms with Crippen LogP contribution in [0.2, 0.25) is 0 Å². The number of para-hydroxylation sites is 2.